The van der Waals surface area contributed by atoms with E-state index in [1.165, 1.54) is 16.7 Å². The van der Waals surface area contributed by atoms with Crippen molar-refractivity contribution in [3.05, 3.63) is 108 Å². The summed E-state index contributed by atoms with van der Waals surface area (Å²) in [5, 5.41) is 0.313. The molecule has 1 aliphatic heterocycles. The number of fused-ring (bicyclic) bond motifs is 2. The average Bonchev–Trinajstić information content (AvgIpc) is 2.71. The Labute approximate surface area is 159 Å². The van der Waals surface area contributed by atoms with Crippen molar-refractivity contribution in [2.24, 2.45) is 0 Å². The predicted molar refractivity (Wildman–Crippen MR) is 111 cm³/mol. The molecule has 26 heavy (non-hydrogen) atoms. The van der Waals surface area contributed by atoms with E-state index in [1.807, 2.05) is 23.9 Å². The first kappa shape index (κ1) is 17.0. The molecule has 0 bridgehead atoms. The summed E-state index contributed by atoms with van der Waals surface area (Å²) in [7, 11) is 0. The fourth-order valence-corrected chi connectivity index (χ4v) is 4.49. The van der Waals surface area contributed by atoms with Crippen molar-refractivity contribution in [1.82, 2.24) is 0 Å². The van der Waals surface area contributed by atoms with E-state index in [0.717, 1.165) is 17.3 Å². The predicted octanol–water partition coefficient (Wildman–Crippen LogP) is 6.97. The lowest BCUT2D eigenvalue weighted by molar-refractivity contribution is 0.459. The number of hydrogen-bond donors (Lipinski definition) is 0. The maximum Gasteiger partial charge on any atom is 0.132 e. The highest BCUT2D eigenvalue weighted by Gasteiger charge is 2.26. The van der Waals surface area contributed by atoms with Crippen LogP contribution in [0.2, 0.25) is 0 Å². The van der Waals surface area contributed by atoms with Crippen LogP contribution >= 0.6 is 11.8 Å². The van der Waals surface area contributed by atoms with Gasteiger partial charge in [-0.1, -0.05) is 85.8 Å². The van der Waals surface area contributed by atoms with Gasteiger partial charge in [0.1, 0.15) is 11.5 Å². The van der Waals surface area contributed by atoms with Crippen molar-refractivity contribution >= 4 is 11.8 Å². The molecule has 1 unspecified atom stereocenters. The molecule has 1 heterocycles. The lowest BCUT2D eigenvalue weighted by Crippen LogP contribution is -2.07. The summed E-state index contributed by atoms with van der Waals surface area (Å²) in [4.78, 5) is 0. The second kappa shape index (κ2) is 7.84. The van der Waals surface area contributed by atoms with E-state index in [-0.39, 0.29) is 0 Å². The zero-order valence-corrected chi connectivity index (χ0v) is 15.7. The van der Waals surface area contributed by atoms with Crippen LogP contribution in [0.4, 0.5) is 0 Å². The average molecular weight is 359 g/mol. The van der Waals surface area contributed by atoms with Crippen molar-refractivity contribution in [3.8, 4) is 11.5 Å². The number of hydrogen-bond acceptors (Lipinski definition) is 2. The van der Waals surface area contributed by atoms with Gasteiger partial charge < -0.3 is 4.74 Å². The van der Waals surface area contributed by atoms with E-state index in [2.05, 4.69) is 85.8 Å². The standard InChI is InChI=1S/C24H22OS/c1-18(19-11-3-2-4-12-19)10-9-17-26-24-20-13-5-7-15-22(20)25-23-16-8-6-14-21(23)24/h2-16,18,24H,17H2,1H3/b10-9+. The highest BCUT2D eigenvalue weighted by molar-refractivity contribution is 7.99. The van der Waals surface area contributed by atoms with Gasteiger partial charge in [0.2, 0.25) is 0 Å². The molecule has 0 saturated heterocycles. The minimum Gasteiger partial charge on any atom is -0.457 e. The second-order valence-corrected chi connectivity index (χ2v) is 7.66. The molecule has 0 N–H and O–H groups in total. The largest absolute Gasteiger partial charge is 0.457 e. The van der Waals surface area contributed by atoms with E-state index in [1.54, 1.807) is 0 Å². The van der Waals surface area contributed by atoms with Crippen LogP contribution in [0.25, 0.3) is 0 Å². The van der Waals surface area contributed by atoms with Crippen molar-refractivity contribution in [3.63, 3.8) is 0 Å². The van der Waals surface area contributed by atoms with E-state index >= 15 is 0 Å². The molecule has 0 fully saturated rings. The maximum atomic E-state index is 6.08. The molecule has 0 aromatic heterocycles. The Bertz CT molecular complexity index is 855. The Kier molecular flexibility index (Phi) is 5.12. The molecule has 2 heteroatoms. The number of benzene rings is 3. The number of allylic oxidation sites excluding steroid dienone is 1. The van der Waals surface area contributed by atoms with Crippen LogP contribution in [0, 0.1) is 0 Å². The first-order valence-electron chi connectivity index (χ1n) is 9.02. The first-order chi connectivity index (χ1) is 12.8. The zero-order valence-electron chi connectivity index (χ0n) is 14.8. The van der Waals surface area contributed by atoms with E-state index in [0.29, 0.717) is 11.2 Å². The molecule has 0 aliphatic carbocycles. The summed E-state index contributed by atoms with van der Waals surface area (Å²) in [5.41, 5.74) is 3.89. The van der Waals surface area contributed by atoms with Crippen LogP contribution in [0.15, 0.2) is 91.0 Å². The number of ether oxygens (including phenoxy) is 1. The topological polar surface area (TPSA) is 9.23 Å². The highest BCUT2D eigenvalue weighted by Crippen LogP contribution is 2.49. The van der Waals surface area contributed by atoms with Crippen LogP contribution in [0.1, 0.15) is 34.8 Å². The van der Waals surface area contributed by atoms with Gasteiger partial charge in [-0.3, -0.25) is 0 Å². The Morgan fingerprint density at radius 1 is 0.846 bits per heavy atom. The molecule has 0 radical (unpaired) electrons. The van der Waals surface area contributed by atoms with Gasteiger partial charge in [-0.05, 0) is 23.6 Å². The SMILES string of the molecule is CC(/C=C/CSC1c2ccccc2Oc2ccccc21)c1ccccc1. The Balaban J connectivity index is 1.49. The van der Waals surface area contributed by atoms with Crippen LogP contribution < -0.4 is 4.74 Å². The molecule has 0 spiro atoms. The van der Waals surface area contributed by atoms with Crippen LogP contribution in [0.3, 0.4) is 0 Å². The Morgan fingerprint density at radius 2 is 1.42 bits per heavy atom. The van der Waals surface area contributed by atoms with E-state index < -0.39 is 0 Å². The van der Waals surface area contributed by atoms with Gasteiger partial charge in [-0.2, -0.15) is 0 Å². The van der Waals surface area contributed by atoms with Crippen molar-refractivity contribution in [2.75, 3.05) is 5.75 Å². The second-order valence-electron chi connectivity index (χ2n) is 6.52. The van der Waals surface area contributed by atoms with Gasteiger partial charge in [-0.25, -0.2) is 0 Å². The quantitative estimate of drug-likeness (QED) is 0.455. The monoisotopic (exact) mass is 358 g/mol. The Hall–Kier alpha value is -2.45. The molecule has 1 nitrogen and oxygen atoms in total. The molecule has 3 aromatic carbocycles. The normalized spacial score (nSPS) is 14.5. The van der Waals surface area contributed by atoms with Crippen LogP contribution in [-0.4, -0.2) is 5.75 Å². The Morgan fingerprint density at radius 3 is 2.08 bits per heavy atom. The summed E-state index contributed by atoms with van der Waals surface area (Å²) in [5.74, 6) is 3.37. The fraction of sp³-hybridized carbons (Fsp3) is 0.167. The summed E-state index contributed by atoms with van der Waals surface area (Å²) < 4.78 is 6.08. The maximum absolute atomic E-state index is 6.08. The van der Waals surface area contributed by atoms with E-state index in [4.69, 9.17) is 4.74 Å². The van der Waals surface area contributed by atoms with Gasteiger partial charge in [-0.15, -0.1) is 11.8 Å². The third kappa shape index (κ3) is 3.56. The summed E-state index contributed by atoms with van der Waals surface area (Å²) in [6.45, 7) is 2.25. The van der Waals surface area contributed by atoms with Crippen molar-refractivity contribution in [1.29, 1.82) is 0 Å². The number of thioether (sulfide) groups is 1. The first-order valence-corrected chi connectivity index (χ1v) is 10.1. The molecule has 0 saturated carbocycles. The molecular formula is C24H22OS. The molecule has 1 aliphatic rings. The van der Waals surface area contributed by atoms with Gasteiger partial charge in [0, 0.05) is 16.9 Å². The molecule has 3 aromatic rings. The minimum absolute atomic E-state index is 0.313. The lowest BCUT2D eigenvalue weighted by atomic mass is 10.00. The van der Waals surface area contributed by atoms with Crippen LogP contribution in [0.5, 0.6) is 11.5 Å². The molecular weight excluding hydrogens is 336 g/mol. The summed E-state index contributed by atoms with van der Waals surface area (Å²) in [6.07, 6.45) is 4.60. The zero-order chi connectivity index (χ0) is 17.8. The van der Waals surface area contributed by atoms with Crippen LogP contribution in [-0.2, 0) is 0 Å². The summed E-state index contributed by atoms with van der Waals surface area (Å²) >= 11 is 1.95. The minimum atomic E-state index is 0.313. The van der Waals surface area contributed by atoms with Gasteiger partial charge in [0.15, 0.2) is 0 Å². The van der Waals surface area contributed by atoms with Crippen molar-refractivity contribution in [2.45, 2.75) is 18.1 Å². The molecule has 0 amide bonds. The molecule has 130 valence electrons. The van der Waals surface area contributed by atoms with E-state index in [9.17, 15) is 0 Å². The third-order valence-electron chi connectivity index (χ3n) is 4.73. The molecule has 4 rings (SSSR count). The fourth-order valence-electron chi connectivity index (χ4n) is 3.32. The molecule has 1 atom stereocenters. The smallest absolute Gasteiger partial charge is 0.132 e. The number of rotatable bonds is 5. The summed E-state index contributed by atoms with van der Waals surface area (Å²) in [6, 6.07) is 27.4. The highest BCUT2D eigenvalue weighted by atomic mass is 32.2. The van der Waals surface area contributed by atoms with Crippen molar-refractivity contribution < 1.29 is 4.74 Å². The van der Waals surface area contributed by atoms with Gasteiger partial charge in [0.05, 0.1) is 5.25 Å². The third-order valence-corrected chi connectivity index (χ3v) is 5.96. The lowest BCUT2D eigenvalue weighted by Gasteiger charge is -2.27. The number of para-hydroxylation sites is 2. The van der Waals surface area contributed by atoms with Gasteiger partial charge in [0.25, 0.3) is 0 Å². The van der Waals surface area contributed by atoms with Gasteiger partial charge >= 0.3 is 0 Å².